The van der Waals surface area contributed by atoms with Crippen molar-refractivity contribution in [2.75, 3.05) is 0 Å². The number of phenols is 1. The second kappa shape index (κ2) is 6.21. The molecule has 0 aliphatic carbocycles. The standard InChI is InChI=1S/C17H11F3N2O2S/c18-17(19,20)11-4-1-9(2-5-11)16-22-13(8-25-16)10-3-6-14(23)12(7-10)15(21)24/h1-8,23H,(H2,21,24). The van der Waals surface area contributed by atoms with Crippen molar-refractivity contribution in [3.8, 4) is 27.6 Å². The second-order valence-electron chi connectivity index (χ2n) is 5.21. The lowest BCUT2D eigenvalue weighted by atomic mass is 10.1. The van der Waals surface area contributed by atoms with Gasteiger partial charge >= 0.3 is 6.18 Å². The quantitative estimate of drug-likeness (QED) is 0.727. The van der Waals surface area contributed by atoms with Gasteiger partial charge in [0.05, 0.1) is 16.8 Å². The van der Waals surface area contributed by atoms with Crippen LogP contribution in [0.5, 0.6) is 5.75 Å². The molecule has 0 radical (unpaired) electrons. The minimum absolute atomic E-state index is 0.0263. The van der Waals surface area contributed by atoms with Crippen molar-refractivity contribution in [2.45, 2.75) is 6.18 Å². The molecule has 0 aliphatic rings. The molecular weight excluding hydrogens is 353 g/mol. The van der Waals surface area contributed by atoms with Crippen LogP contribution in [0.25, 0.3) is 21.8 Å². The predicted molar refractivity (Wildman–Crippen MR) is 88.2 cm³/mol. The molecule has 0 unspecified atom stereocenters. The monoisotopic (exact) mass is 364 g/mol. The maximum Gasteiger partial charge on any atom is 0.416 e. The van der Waals surface area contributed by atoms with Gasteiger partial charge in [0.1, 0.15) is 10.8 Å². The molecule has 0 spiro atoms. The molecule has 2 aromatic carbocycles. The maximum atomic E-state index is 12.6. The minimum atomic E-state index is -4.39. The number of nitrogens with zero attached hydrogens (tertiary/aromatic N) is 1. The van der Waals surface area contributed by atoms with Crippen LogP contribution < -0.4 is 5.73 Å². The number of primary amides is 1. The van der Waals surface area contributed by atoms with Crippen molar-refractivity contribution in [3.63, 3.8) is 0 Å². The van der Waals surface area contributed by atoms with Gasteiger partial charge in [-0.25, -0.2) is 4.98 Å². The van der Waals surface area contributed by atoms with Crippen molar-refractivity contribution in [1.29, 1.82) is 0 Å². The zero-order chi connectivity index (χ0) is 18.2. The van der Waals surface area contributed by atoms with Gasteiger partial charge in [-0.05, 0) is 30.3 Å². The number of nitrogens with two attached hydrogens (primary N) is 1. The van der Waals surface area contributed by atoms with E-state index in [0.29, 0.717) is 21.8 Å². The molecule has 3 rings (SSSR count). The summed E-state index contributed by atoms with van der Waals surface area (Å²) < 4.78 is 37.8. The van der Waals surface area contributed by atoms with E-state index in [9.17, 15) is 23.1 Å². The average molecular weight is 364 g/mol. The number of rotatable bonds is 3. The minimum Gasteiger partial charge on any atom is -0.507 e. The Bertz CT molecular complexity index is 934. The highest BCUT2D eigenvalue weighted by molar-refractivity contribution is 7.13. The Labute approximate surface area is 144 Å². The lowest BCUT2D eigenvalue weighted by molar-refractivity contribution is -0.137. The highest BCUT2D eigenvalue weighted by Crippen LogP contribution is 2.34. The third kappa shape index (κ3) is 3.48. The number of carbonyl (C=O) groups excluding carboxylic acids is 1. The molecule has 0 saturated carbocycles. The van der Waals surface area contributed by atoms with E-state index in [0.717, 1.165) is 12.1 Å². The summed E-state index contributed by atoms with van der Waals surface area (Å²) in [7, 11) is 0. The first-order valence-electron chi connectivity index (χ1n) is 7.02. The number of alkyl halides is 3. The summed E-state index contributed by atoms with van der Waals surface area (Å²) in [5.41, 5.74) is 6.10. The van der Waals surface area contributed by atoms with Crippen molar-refractivity contribution in [2.24, 2.45) is 5.73 Å². The summed E-state index contributed by atoms with van der Waals surface area (Å²) in [4.78, 5) is 15.7. The largest absolute Gasteiger partial charge is 0.507 e. The van der Waals surface area contributed by atoms with Crippen LogP contribution in [-0.2, 0) is 6.18 Å². The molecule has 3 aromatic rings. The lowest BCUT2D eigenvalue weighted by Crippen LogP contribution is -2.11. The molecular formula is C17H11F3N2O2S. The number of halogens is 3. The van der Waals surface area contributed by atoms with E-state index >= 15 is 0 Å². The van der Waals surface area contributed by atoms with E-state index < -0.39 is 17.6 Å². The van der Waals surface area contributed by atoms with Gasteiger partial charge in [0.15, 0.2) is 0 Å². The van der Waals surface area contributed by atoms with E-state index in [1.54, 1.807) is 11.4 Å². The van der Waals surface area contributed by atoms with Gasteiger partial charge < -0.3 is 10.8 Å². The molecule has 8 heteroatoms. The molecule has 4 nitrogen and oxygen atoms in total. The van der Waals surface area contributed by atoms with E-state index in [1.165, 1.54) is 35.6 Å². The smallest absolute Gasteiger partial charge is 0.416 e. The van der Waals surface area contributed by atoms with Crippen LogP contribution in [0.3, 0.4) is 0 Å². The zero-order valence-corrected chi connectivity index (χ0v) is 13.4. The Morgan fingerprint density at radius 1 is 1.08 bits per heavy atom. The molecule has 1 amide bonds. The van der Waals surface area contributed by atoms with Crippen LogP contribution in [-0.4, -0.2) is 16.0 Å². The Morgan fingerprint density at radius 3 is 2.32 bits per heavy atom. The molecule has 0 aliphatic heterocycles. The molecule has 128 valence electrons. The van der Waals surface area contributed by atoms with Crippen molar-refractivity contribution in [3.05, 3.63) is 59.0 Å². The van der Waals surface area contributed by atoms with Gasteiger partial charge in [-0.3, -0.25) is 4.79 Å². The molecule has 1 aromatic heterocycles. The van der Waals surface area contributed by atoms with Crippen LogP contribution in [0, 0.1) is 0 Å². The SMILES string of the molecule is NC(=O)c1cc(-c2csc(-c3ccc(C(F)(F)F)cc3)n2)ccc1O. The summed E-state index contributed by atoms with van der Waals surface area (Å²) in [6.45, 7) is 0. The highest BCUT2D eigenvalue weighted by Gasteiger charge is 2.30. The van der Waals surface area contributed by atoms with E-state index in [4.69, 9.17) is 5.73 Å². The van der Waals surface area contributed by atoms with Gasteiger partial charge in [-0.2, -0.15) is 13.2 Å². The normalized spacial score (nSPS) is 11.5. The van der Waals surface area contributed by atoms with Gasteiger partial charge in [0.2, 0.25) is 0 Å². The van der Waals surface area contributed by atoms with Crippen LogP contribution in [0.1, 0.15) is 15.9 Å². The number of carbonyl (C=O) groups is 1. The van der Waals surface area contributed by atoms with Crippen molar-refractivity contribution < 1.29 is 23.1 Å². The molecule has 25 heavy (non-hydrogen) atoms. The zero-order valence-electron chi connectivity index (χ0n) is 12.5. The summed E-state index contributed by atoms with van der Waals surface area (Å²) in [5.74, 6) is -0.994. The number of aromatic hydroxyl groups is 1. The van der Waals surface area contributed by atoms with Crippen LogP contribution in [0.4, 0.5) is 13.2 Å². The van der Waals surface area contributed by atoms with Crippen LogP contribution in [0.2, 0.25) is 0 Å². The van der Waals surface area contributed by atoms with Crippen molar-refractivity contribution in [1.82, 2.24) is 4.98 Å². The number of benzene rings is 2. The molecule has 3 N–H and O–H groups in total. The molecule has 0 saturated heterocycles. The number of hydrogen-bond donors (Lipinski definition) is 2. The molecule has 0 bridgehead atoms. The summed E-state index contributed by atoms with van der Waals surface area (Å²) >= 11 is 1.26. The fraction of sp³-hybridized carbons (Fsp3) is 0.0588. The Hall–Kier alpha value is -2.87. The Morgan fingerprint density at radius 2 is 1.72 bits per heavy atom. The van der Waals surface area contributed by atoms with Gasteiger partial charge in [0.25, 0.3) is 5.91 Å². The first-order valence-corrected chi connectivity index (χ1v) is 7.90. The third-order valence-corrected chi connectivity index (χ3v) is 4.41. The van der Waals surface area contributed by atoms with E-state index in [-0.39, 0.29) is 11.3 Å². The lowest BCUT2D eigenvalue weighted by Gasteiger charge is -2.06. The number of hydrogen-bond acceptors (Lipinski definition) is 4. The van der Waals surface area contributed by atoms with Gasteiger partial charge in [0, 0.05) is 16.5 Å². The fourth-order valence-electron chi connectivity index (χ4n) is 2.23. The Kier molecular flexibility index (Phi) is 4.22. The predicted octanol–water partition coefficient (Wildman–Crippen LogP) is 4.30. The third-order valence-electron chi connectivity index (χ3n) is 3.52. The molecule has 0 fully saturated rings. The summed E-state index contributed by atoms with van der Waals surface area (Å²) in [6, 6.07) is 9.06. The topological polar surface area (TPSA) is 76.2 Å². The van der Waals surface area contributed by atoms with Gasteiger partial charge in [-0.1, -0.05) is 12.1 Å². The first-order chi connectivity index (χ1) is 11.8. The number of amides is 1. The summed E-state index contributed by atoms with van der Waals surface area (Å²) in [6.07, 6.45) is -4.39. The molecule has 1 heterocycles. The highest BCUT2D eigenvalue weighted by atomic mass is 32.1. The van der Waals surface area contributed by atoms with Crippen molar-refractivity contribution >= 4 is 17.2 Å². The van der Waals surface area contributed by atoms with Gasteiger partial charge in [-0.15, -0.1) is 11.3 Å². The average Bonchev–Trinajstić information content (AvgIpc) is 3.04. The van der Waals surface area contributed by atoms with E-state index in [1.807, 2.05) is 0 Å². The fourth-order valence-corrected chi connectivity index (χ4v) is 3.07. The summed E-state index contributed by atoms with van der Waals surface area (Å²) in [5, 5.41) is 11.9. The number of aromatic nitrogens is 1. The van der Waals surface area contributed by atoms with Crippen LogP contribution in [0.15, 0.2) is 47.8 Å². The Balaban J connectivity index is 1.93. The first kappa shape index (κ1) is 17.0. The number of thiazole rings is 1. The van der Waals surface area contributed by atoms with E-state index in [2.05, 4.69) is 4.98 Å². The molecule has 0 atom stereocenters. The maximum absolute atomic E-state index is 12.6. The second-order valence-corrected chi connectivity index (χ2v) is 6.07. The van der Waals surface area contributed by atoms with Crippen LogP contribution >= 0.6 is 11.3 Å².